The number of alkyl halides is 1. The maximum atomic E-state index is 15.1. The second kappa shape index (κ2) is 13.5. The van der Waals surface area contributed by atoms with Crippen LogP contribution < -0.4 is 4.90 Å². The number of carbonyl (C=O) groups excluding carboxylic acids is 2. The molecule has 0 saturated carbocycles. The second-order valence-corrected chi connectivity index (χ2v) is 13.8. The van der Waals surface area contributed by atoms with E-state index in [9.17, 15) is 22.4 Å². The van der Waals surface area contributed by atoms with Crippen LogP contribution in [0.5, 0.6) is 0 Å². The van der Waals surface area contributed by atoms with Crippen molar-refractivity contribution in [3.63, 3.8) is 0 Å². The summed E-state index contributed by atoms with van der Waals surface area (Å²) in [5.74, 6) is -1.52. The number of halogens is 2. The van der Waals surface area contributed by atoms with E-state index in [0.29, 0.717) is 18.8 Å². The molecule has 2 aromatic carbocycles. The highest BCUT2D eigenvalue weighted by molar-refractivity contribution is 7.91. The molecular formula is C30H40F2N4O5S. The van der Waals surface area contributed by atoms with E-state index in [1.807, 2.05) is 12.1 Å². The number of benzene rings is 2. The minimum Gasteiger partial charge on any atom is -0.462 e. The summed E-state index contributed by atoms with van der Waals surface area (Å²) in [5, 5.41) is 0. The van der Waals surface area contributed by atoms with Crippen LogP contribution in [0.4, 0.5) is 19.3 Å². The van der Waals surface area contributed by atoms with Crippen molar-refractivity contribution >= 4 is 27.5 Å². The summed E-state index contributed by atoms with van der Waals surface area (Å²) in [6.07, 6.45) is 0. The SMILES string of the molecule is CCOC(=O)c1ccc(CN(C(=O)N2CCS(=O)(=O)CC2)c2ccc(CN3CCN(CC(C)(C)F)CC3)cc2)c(F)c1. The third-order valence-electron chi connectivity index (χ3n) is 7.46. The lowest BCUT2D eigenvalue weighted by atomic mass is 10.1. The molecule has 0 unspecified atom stereocenters. The first-order valence-corrected chi connectivity index (χ1v) is 16.1. The monoisotopic (exact) mass is 606 g/mol. The molecule has 230 valence electrons. The van der Waals surface area contributed by atoms with Crippen molar-refractivity contribution in [1.29, 1.82) is 0 Å². The molecule has 12 heteroatoms. The standard InChI is InChI=1S/C30H40F2N4O5S/c1-4-41-28(37)24-7-8-25(27(31)19-24)21-36(29(38)35-15-17-42(39,40)18-16-35)26-9-5-23(6-10-26)20-33-11-13-34(14-12-33)22-30(2,3)32/h5-10,19H,4,11-18,20-22H2,1-3H3. The average Bonchev–Trinajstić information content (AvgIpc) is 2.93. The summed E-state index contributed by atoms with van der Waals surface area (Å²) in [6, 6.07) is 11.1. The number of sulfone groups is 1. The molecule has 2 heterocycles. The Morgan fingerprint density at radius 1 is 0.952 bits per heavy atom. The average molecular weight is 607 g/mol. The van der Waals surface area contributed by atoms with E-state index in [2.05, 4.69) is 9.80 Å². The molecule has 0 bridgehead atoms. The summed E-state index contributed by atoms with van der Waals surface area (Å²) < 4.78 is 58.0. The molecule has 2 aliphatic rings. The fourth-order valence-electron chi connectivity index (χ4n) is 5.21. The molecule has 42 heavy (non-hydrogen) atoms. The van der Waals surface area contributed by atoms with Crippen LogP contribution in [-0.2, 0) is 27.7 Å². The van der Waals surface area contributed by atoms with E-state index in [1.54, 1.807) is 32.9 Å². The second-order valence-electron chi connectivity index (χ2n) is 11.5. The highest BCUT2D eigenvalue weighted by Crippen LogP contribution is 2.24. The number of hydrogen-bond acceptors (Lipinski definition) is 7. The summed E-state index contributed by atoms with van der Waals surface area (Å²) >= 11 is 0. The summed E-state index contributed by atoms with van der Waals surface area (Å²) in [6.45, 7) is 9.37. The first-order valence-electron chi connectivity index (χ1n) is 14.3. The van der Waals surface area contributed by atoms with Crippen molar-refractivity contribution in [3.8, 4) is 0 Å². The number of anilines is 1. The number of urea groups is 1. The van der Waals surface area contributed by atoms with Gasteiger partial charge in [-0.3, -0.25) is 14.7 Å². The normalized spacial score (nSPS) is 18.1. The zero-order valence-electron chi connectivity index (χ0n) is 24.5. The van der Waals surface area contributed by atoms with Gasteiger partial charge in [0, 0.05) is 63.6 Å². The molecule has 2 saturated heterocycles. The molecule has 0 N–H and O–H groups in total. The zero-order valence-corrected chi connectivity index (χ0v) is 25.3. The molecule has 2 amide bonds. The number of esters is 1. The molecule has 9 nitrogen and oxygen atoms in total. The van der Waals surface area contributed by atoms with Gasteiger partial charge < -0.3 is 9.64 Å². The van der Waals surface area contributed by atoms with Crippen LogP contribution in [0, 0.1) is 5.82 Å². The lowest BCUT2D eigenvalue weighted by Crippen LogP contribution is -2.50. The van der Waals surface area contributed by atoms with Crippen LogP contribution >= 0.6 is 0 Å². The lowest BCUT2D eigenvalue weighted by molar-refractivity contribution is 0.0525. The number of rotatable bonds is 9. The van der Waals surface area contributed by atoms with Gasteiger partial charge in [0.2, 0.25) is 0 Å². The number of nitrogens with zero attached hydrogens (tertiary/aromatic N) is 4. The molecule has 2 fully saturated rings. The Hall–Kier alpha value is -3.09. The predicted octanol–water partition coefficient (Wildman–Crippen LogP) is 3.73. The molecule has 2 aliphatic heterocycles. The Morgan fingerprint density at radius 2 is 1.57 bits per heavy atom. The Morgan fingerprint density at radius 3 is 2.14 bits per heavy atom. The predicted molar refractivity (Wildman–Crippen MR) is 158 cm³/mol. The highest BCUT2D eigenvalue weighted by atomic mass is 32.2. The van der Waals surface area contributed by atoms with Crippen LogP contribution in [0.25, 0.3) is 0 Å². The van der Waals surface area contributed by atoms with Gasteiger partial charge in [0.1, 0.15) is 11.5 Å². The van der Waals surface area contributed by atoms with E-state index in [0.717, 1.165) is 37.8 Å². The third-order valence-corrected chi connectivity index (χ3v) is 9.07. The number of piperazine rings is 1. The zero-order chi connectivity index (χ0) is 30.5. The fourth-order valence-corrected chi connectivity index (χ4v) is 6.41. The van der Waals surface area contributed by atoms with Gasteiger partial charge >= 0.3 is 12.0 Å². The van der Waals surface area contributed by atoms with Crippen LogP contribution in [0.3, 0.4) is 0 Å². The van der Waals surface area contributed by atoms with E-state index in [4.69, 9.17) is 4.74 Å². The van der Waals surface area contributed by atoms with Crippen LogP contribution in [0.1, 0.15) is 42.3 Å². The van der Waals surface area contributed by atoms with Crippen molar-refractivity contribution < 1.29 is 31.5 Å². The van der Waals surface area contributed by atoms with Crippen molar-refractivity contribution in [1.82, 2.24) is 14.7 Å². The fraction of sp³-hybridized carbons (Fsp3) is 0.533. The Labute approximate surface area is 246 Å². The Kier molecular flexibility index (Phi) is 10.2. The minimum absolute atomic E-state index is 0.0611. The topological polar surface area (TPSA) is 90.5 Å². The highest BCUT2D eigenvalue weighted by Gasteiger charge is 2.30. The van der Waals surface area contributed by atoms with Crippen molar-refractivity contribution in [2.75, 3.05) is 68.8 Å². The van der Waals surface area contributed by atoms with Gasteiger partial charge in [-0.25, -0.2) is 26.8 Å². The smallest absolute Gasteiger partial charge is 0.338 e. The molecule has 0 atom stereocenters. The molecule has 0 aromatic heterocycles. The van der Waals surface area contributed by atoms with Gasteiger partial charge in [-0.2, -0.15) is 0 Å². The van der Waals surface area contributed by atoms with Gasteiger partial charge in [0.15, 0.2) is 9.84 Å². The van der Waals surface area contributed by atoms with Crippen molar-refractivity contribution in [2.24, 2.45) is 0 Å². The van der Waals surface area contributed by atoms with Gasteiger partial charge in [0.05, 0.1) is 30.2 Å². The van der Waals surface area contributed by atoms with E-state index in [-0.39, 0.29) is 48.9 Å². The number of carbonyl (C=O) groups is 2. The maximum Gasteiger partial charge on any atom is 0.338 e. The quantitative estimate of drug-likeness (QED) is 0.402. The molecular weight excluding hydrogens is 566 g/mol. The van der Waals surface area contributed by atoms with E-state index >= 15 is 4.39 Å². The largest absolute Gasteiger partial charge is 0.462 e. The molecule has 4 rings (SSSR count). The van der Waals surface area contributed by atoms with E-state index in [1.165, 1.54) is 21.9 Å². The first kappa shape index (κ1) is 31.8. The maximum absolute atomic E-state index is 15.1. The van der Waals surface area contributed by atoms with E-state index < -0.39 is 33.3 Å². The van der Waals surface area contributed by atoms with Crippen molar-refractivity contribution in [3.05, 3.63) is 65.0 Å². The third kappa shape index (κ3) is 8.71. The summed E-state index contributed by atoms with van der Waals surface area (Å²) in [7, 11) is -3.20. The first-order chi connectivity index (χ1) is 19.8. The Bertz CT molecular complexity index is 1340. The molecule has 2 aromatic rings. The minimum atomic E-state index is -3.20. The molecule has 0 aliphatic carbocycles. The number of amides is 2. The summed E-state index contributed by atoms with van der Waals surface area (Å²) in [4.78, 5) is 33.0. The molecule has 0 radical (unpaired) electrons. The van der Waals surface area contributed by atoms with Gasteiger partial charge in [0.25, 0.3) is 0 Å². The van der Waals surface area contributed by atoms with Crippen LogP contribution in [0.2, 0.25) is 0 Å². The van der Waals surface area contributed by atoms with Crippen LogP contribution in [0.15, 0.2) is 42.5 Å². The Balaban J connectivity index is 1.49. The number of hydrogen-bond donors (Lipinski definition) is 0. The van der Waals surface area contributed by atoms with Gasteiger partial charge in [-0.1, -0.05) is 18.2 Å². The van der Waals surface area contributed by atoms with Gasteiger partial charge in [-0.15, -0.1) is 0 Å². The molecule has 0 spiro atoms. The summed E-state index contributed by atoms with van der Waals surface area (Å²) in [5.41, 5.74) is 0.644. The van der Waals surface area contributed by atoms with Gasteiger partial charge in [-0.05, 0) is 50.6 Å². The van der Waals surface area contributed by atoms with Crippen molar-refractivity contribution in [2.45, 2.75) is 39.5 Å². The number of ether oxygens (including phenoxy) is 1. The van der Waals surface area contributed by atoms with Crippen LogP contribution in [-0.4, -0.2) is 105 Å². The lowest BCUT2D eigenvalue weighted by Gasteiger charge is -2.36.